The van der Waals surface area contributed by atoms with Gasteiger partial charge in [0.2, 0.25) is 0 Å². The number of aliphatic hydroxyl groups is 1. The normalized spacial score (nSPS) is 16.6. The lowest BCUT2D eigenvalue weighted by Gasteiger charge is -2.34. The molecule has 1 aliphatic rings. The Balaban J connectivity index is 1.84. The highest BCUT2D eigenvalue weighted by atomic mass is 79.9. The molecule has 5 nitrogen and oxygen atoms in total. The zero-order valence-corrected chi connectivity index (χ0v) is 19.4. The number of aryl methyl sites for hydroxylation is 4. The number of rotatable bonds is 3. The number of hydrogen-bond acceptors (Lipinski definition) is 4. The summed E-state index contributed by atoms with van der Waals surface area (Å²) in [5.74, 6) is 2.19. The van der Waals surface area contributed by atoms with E-state index in [4.69, 9.17) is 9.97 Å². The minimum absolute atomic E-state index is 0.240. The van der Waals surface area contributed by atoms with Crippen LogP contribution in [0.15, 0.2) is 22.8 Å². The quantitative estimate of drug-likeness (QED) is 0.601. The average Bonchev–Trinajstić information content (AvgIpc) is 2.96. The van der Waals surface area contributed by atoms with Gasteiger partial charge < -0.3 is 14.6 Å². The van der Waals surface area contributed by atoms with Crippen molar-refractivity contribution in [2.75, 3.05) is 18.0 Å². The Morgan fingerprint density at radius 3 is 2.24 bits per heavy atom. The first-order valence-electron chi connectivity index (χ1n) is 10.3. The van der Waals surface area contributed by atoms with Crippen molar-refractivity contribution in [2.45, 2.75) is 53.6 Å². The van der Waals surface area contributed by atoms with E-state index in [9.17, 15) is 5.11 Å². The first-order valence-corrected chi connectivity index (χ1v) is 11.1. The topological polar surface area (TPSA) is 54.2 Å². The lowest BCUT2D eigenvalue weighted by atomic mass is 9.92. The molecule has 4 rings (SSSR count). The summed E-state index contributed by atoms with van der Waals surface area (Å²) in [7, 11) is 0. The fourth-order valence-electron chi connectivity index (χ4n) is 4.67. The SMILES string of the molecule is Cc1nc(N2CCC(C(C)O)CC2)c2c(C)cn(-c3c(C)cc(Br)cc3C)c2n1. The summed E-state index contributed by atoms with van der Waals surface area (Å²) in [6.07, 6.45) is 3.93. The molecule has 0 amide bonds. The molecule has 1 atom stereocenters. The fourth-order valence-corrected chi connectivity index (χ4v) is 5.35. The van der Waals surface area contributed by atoms with E-state index < -0.39 is 0 Å². The van der Waals surface area contributed by atoms with E-state index in [1.807, 2.05) is 13.8 Å². The highest BCUT2D eigenvalue weighted by Gasteiger charge is 2.26. The van der Waals surface area contributed by atoms with Crippen molar-refractivity contribution >= 4 is 32.8 Å². The van der Waals surface area contributed by atoms with Crippen LogP contribution in [0, 0.1) is 33.6 Å². The van der Waals surface area contributed by atoms with Crippen LogP contribution in [0.1, 0.15) is 42.3 Å². The first-order chi connectivity index (χ1) is 13.8. The Morgan fingerprint density at radius 1 is 1.03 bits per heavy atom. The number of aromatic nitrogens is 3. The van der Waals surface area contributed by atoms with Gasteiger partial charge in [-0.05, 0) is 82.2 Å². The molecule has 3 heterocycles. The van der Waals surface area contributed by atoms with E-state index in [0.717, 1.165) is 53.1 Å². The molecule has 0 bridgehead atoms. The molecular formula is C23H29BrN4O. The molecule has 1 aromatic carbocycles. The minimum atomic E-state index is -0.240. The molecule has 0 saturated carbocycles. The predicted molar refractivity (Wildman–Crippen MR) is 122 cm³/mol. The summed E-state index contributed by atoms with van der Waals surface area (Å²) in [5, 5.41) is 11.1. The largest absolute Gasteiger partial charge is 0.393 e. The van der Waals surface area contributed by atoms with Crippen LogP contribution in [0.4, 0.5) is 5.82 Å². The van der Waals surface area contributed by atoms with E-state index in [2.05, 4.69) is 64.5 Å². The maximum atomic E-state index is 9.94. The molecule has 1 N–H and O–H groups in total. The van der Waals surface area contributed by atoms with Crippen molar-refractivity contribution < 1.29 is 5.11 Å². The number of aliphatic hydroxyl groups excluding tert-OH is 1. The van der Waals surface area contributed by atoms with Crippen LogP contribution in [0.3, 0.4) is 0 Å². The monoisotopic (exact) mass is 456 g/mol. The Kier molecular flexibility index (Phi) is 5.42. The molecule has 154 valence electrons. The number of piperidine rings is 1. The number of anilines is 1. The van der Waals surface area contributed by atoms with E-state index >= 15 is 0 Å². The summed E-state index contributed by atoms with van der Waals surface area (Å²) in [6, 6.07) is 4.30. The number of fused-ring (bicyclic) bond motifs is 1. The van der Waals surface area contributed by atoms with Crippen LogP contribution in [0.25, 0.3) is 16.7 Å². The molecule has 0 spiro atoms. The van der Waals surface area contributed by atoms with Gasteiger partial charge in [-0.2, -0.15) is 0 Å². The molecule has 6 heteroatoms. The molecule has 1 aliphatic heterocycles. The molecule has 2 aromatic heterocycles. The van der Waals surface area contributed by atoms with Crippen molar-refractivity contribution in [1.29, 1.82) is 0 Å². The lowest BCUT2D eigenvalue weighted by molar-refractivity contribution is 0.110. The van der Waals surface area contributed by atoms with Crippen molar-refractivity contribution in [3.63, 3.8) is 0 Å². The van der Waals surface area contributed by atoms with Crippen molar-refractivity contribution in [1.82, 2.24) is 14.5 Å². The van der Waals surface area contributed by atoms with Gasteiger partial charge in [-0.25, -0.2) is 9.97 Å². The average molecular weight is 457 g/mol. The van der Waals surface area contributed by atoms with Gasteiger partial charge in [0, 0.05) is 23.8 Å². The Hall–Kier alpha value is -1.92. The van der Waals surface area contributed by atoms with Crippen LogP contribution in [0.5, 0.6) is 0 Å². The number of hydrogen-bond donors (Lipinski definition) is 1. The molecule has 0 radical (unpaired) electrons. The second-order valence-electron chi connectivity index (χ2n) is 8.43. The summed E-state index contributed by atoms with van der Waals surface area (Å²) in [5.41, 5.74) is 5.77. The molecule has 1 unspecified atom stereocenters. The third kappa shape index (κ3) is 3.68. The zero-order chi connectivity index (χ0) is 20.9. The van der Waals surface area contributed by atoms with Gasteiger partial charge in [0.1, 0.15) is 11.6 Å². The second kappa shape index (κ2) is 7.73. The predicted octanol–water partition coefficient (Wildman–Crippen LogP) is 5.01. The molecule has 1 fully saturated rings. The Morgan fingerprint density at radius 2 is 1.66 bits per heavy atom. The van der Waals surface area contributed by atoms with Crippen LogP contribution in [-0.2, 0) is 0 Å². The number of halogens is 1. The minimum Gasteiger partial charge on any atom is -0.393 e. The number of nitrogens with zero attached hydrogens (tertiary/aromatic N) is 4. The highest BCUT2D eigenvalue weighted by molar-refractivity contribution is 9.10. The van der Waals surface area contributed by atoms with E-state index in [0.29, 0.717) is 5.92 Å². The standard InChI is InChI=1S/C23H29BrN4O/c1-13-10-19(24)11-14(2)21(13)28-12-15(3)20-22(25-17(5)26-23(20)28)27-8-6-18(7-9-27)16(4)29/h10-12,16,18,29H,6-9H2,1-5H3. The van der Waals surface area contributed by atoms with Gasteiger partial charge >= 0.3 is 0 Å². The molecule has 0 aliphatic carbocycles. The van der Waals surface area contributed by atoms with Gasteiger partial charge in [-0.3, -0.25) is 0 Å². The third-order valence-corrected chi connectivity index (χ3v) is 6.60. The van der Waals surface area contributed by atoms with E-state index in [1.54, 1.807) is 0 Å². The Labute approximate surface area is 180 Å². The van der Waals surface area contributed by atoms with Gasteiger partial charge in [0.25, 0.3) is 0 Å². The van der Waals surface area contributed by atoms with Crippen LogP contribution in [0.2, 0.25) is 0 Å². The highest BCUT2D eigenvalue weighted by Crippen LogP contribution is 2.35. The lowest BCUT2D eigenvalue weighted by Crippen LogP contribution is -2.37. The van der Waals surface area contributed by atoms with Gasteiger partial charge in [0.15, 0.2) is 5.65 Å². The number of benzene rings is 1. The van der Waals surface area contributed by atoms with Gasteiger partial charge in [-0.15, -0.1) is 0 Å². The van der Waals surface area contributed by atoms with Crippen LogP contribution >= 0.6 is 15.9 Å². The van der Waals surface area contributed by atoms with Crippen LogP contribution < -0.4 is 4.90 Å². The molecular weight excluding hydrogens is 428 g/mol. The first kappa shape index (κ1) is 20.4. The summed E-state index contributed by atoms with van der Waals surface area (Å²) >= 11 is 3.61. The Bertz CT molecular complexity index is 1040. The van der Waals surface area contributed by atoms with Gasteiger partial charge in [-0.1, -0.05) is 15.9 Å². The maximum Gasteiger partial charge on any atom is 0.150 e. The molecule has 3 aromatic rings. The maximum absolute atomic E-state index is 9.94. The summed E-state index contributed by atoms with van der Waals surface area (Å²) < 4.78 is 3.32. The van der Waals surface area contributed by atoms with E-state index in [1.165, 1.54) is 22.4 Å². The fraction of sp³-hybridized carbons (Fsp3) is 0.478. The van der Waals surface area contributed by atoms with Crippen molar-refractivity contribution in [2.24, 2.45) is 5.92 Å². The summed E-state index contributed by atoms with van der Waals surface area (Å²) in [6.45, 7) is 12.1. The van der Waals surface area contributed by atoms with Crippen molar-refractivity contribution in [3.05, 3.63) is 45.3 Å². The van der Waals surface area contributed by atoms with E-state index in [-0.39, 0.29) is 6.10 Å². The van der Waals surface area contributed by atoms with Crippen LogP contribution in [-0.4, -0.2) is 38.8 Å². The third-order valence-electron chi connectivity index (χ3n) is 6.15. The smallest absolute Gasteiger partial charge is 0.150 e. The zero-order valence-electron chi connectivity index (χ0n) is 17.8. The van der Waals surface area contributed by atoms with Crippen molar-refractivity contribution in [3.8, 4) is 5.69 Å². The molecule has 1 saturated heterocycles. The summed E-state index contributed by atoms with van der Waals surface area (Å²) in [4.78, 5) is 12.1. The second-order valence-corrected chi connectivity index (χ2v) is 9.34. The van der Waals surface area contributed by atoms with Gasteiger partial charge in [0.05, 0.1) is 17.2 Å². The molecule has 29 heavy (non-hydrogen) atoms.